The lowest BCUT2D eigenvalue weighted by Gasteiger charge is -2.09. The number of hydrogen-bond acceptors (Lipinski definition) is 6. The Balaban J connectivity index is 1.37. The first-order chi connectivity index (χ1) is 15.0. The monoisotopic (exact) mass is 420 g/mol. The van der Waals surface area contributed by atoms with Gasteiger partial charge in [-0.1, -0.05) is 17.1 Å². The van der Waals surface area contributed by atoms with Crippen molar-refractivity contribution >= 4 is 16.8 Å². The molecule has 0 aliphatic carbocycles. The minimum atomic E-state index is -0.305. The molecule has 0 radical (unpaired) electrons. The average molecular weight is 420 g/mol. The molecule has 0 saturated heterocycles. The van der Waals surface area contributed by atoms with Gasteiger partial charge in [0.25, 0.3) is 5.56 Å². The van der Waals surface area contributed by atoms with Gasteiger partial charge in [0.2, 0.25) is 5.76 Å². The van der Waals surface area contributed by atoms with Crippen LogP contribution in [0.4, 0.5) is 4.39 Å². The van der Waals surface area contributed by atoms with Gasteiger partial charge < -0.3 is 14.6 Å². The third-order valence-electron chi connectivity index (χ3n) is 4.73. The lowest BCUT2D eigenvalue weighted by Crippen LogP contribution is -2.16. The Labute approximate surface area is 175 Å². The van der Waals surface area contributed by atoms with Crippen molar-refractivity contribution < 1.29 is 19.0 Å². The fourth-order valence-electron chi connectivity index (χ4n) is 3.18. The van der Waals surface area contributed by atoms with E-state index in [0.717, 1.165) is 16.6 Å². The second kappa shape index (κ2) is 7.62. The van der Waals surface area contributed by atoms with Crippen LogP contribution in [0.15, 0.2) is 71.8 Å². The van der Waals surface area contributed by atoms with E-state index >= 15 is 0 Å². The summed E-state index contributed by atoms with van der Waals surface area (Å²) in [6, 6.07) is 14.6. The first kappa shape index (κ1) is 18.9. The number of fused-ring (bicyclic) bond motifs is 1. The minimum absolute atomic E-state index is 0.240. The maximum absolute atomic E-state index is 13.0. The molecule has 0 saturated carbocycles. The molecule has 3 heterocycles. The number of aromatic nitrogens is 3. The predicted octanol–water partition coefficient (Wildman–Crippen LogP) is 3.54. The van der Waals surface area contributed by atoms with Gasteiger partial charge >= 0.3 is 0 Å². The molecule has 9 heteroatoms. The van der Waals surface area contributed by atoms with E-state index in [1.54, 1.807) is 43.7 Å². The molecule has 156 valence electrons. The van der Waals surface area contributed by atoms with Crippen molar-refractivity contribution in [3.8, 4) is 11.4 Å². The molecule has 8 nitrogen and oxygen atoms in total. The summed E-state index contributed by atoms with van der Waals surface area (Å²) < 4.78 is 20.2. The number of hydroxylamine groups is 2. The van der Waals surface area contributed by atoms with E-state index in [1.807, 2.05) is 12.1 Å². The molecule has 2 aromatic carbocycles. The molecule has 31 heavy (non-hydrogen) atoms. The van der Waals surface area contributed by atoms with Crippen molar-refractivity contribution in [3.05, 3.63) is 94.6 Å². The van der Waals surface area contributed by atoms with E-state index in [-0.39, 0.29) is 18.0 Å². The molecule has 0 bridgehead atoms. The normalized spacial score (nSPS) is 13.4. The number of halogens is 1. The predicted molar refractivity (Wildman–Crippen MR) is 110 cm³/mol. The summed E-state index contributed by atoms with van der Waals surface area (Å²) in [5.41, 5.74) is 2.71. The van der Waals surface area contributed by atoms with Crippen molar-refractivity contribution in [2.24, 2.45) is 0 Å². The number of H-pyrrole nitrogens is 1. The zero-order valence-corrected chi connectivity index (χ0v) is 16.4. The van der Waals surface area contributed by atoms with Crippen LogP contribution in [-0.4, -0.2) is 26.6 Å². The topological polar surface area (TPSA) is 81.6 Å². The first-order valence-corrected chi connectivity index (χ1v) is 9.45. The van der Waals surface area contributed by atoms with Crippen LogP contribution in [0, 0.1) is 5.82 Å². The number of nitrogens with one attached hydrogen (secondary N) is 1. The van der Waals surface area contributed by atoms with E-state index < -0.39 is 0 Å². The van der Waals surface area contributed by atoms with Gasteiger partial charge in [-0.3, -0.25) is 9.36 Å². The number of ether oxygens (including phenoxy) is 1. The maximum atomic E-state index is 13.0. The first-order valence-electron chi connectivity index (χ1n) is 9.45. The smallest absolute Gasteiger partial charge is 0.258 e. The number of aromatic amines is 1. The van der Waals surface area contributed by atoms with Crippen LogP contribution in [0.1, 0.15) is 11.4 Å². The number of pyridine rings is 1. The summed E-state index contributed by atoms with van der Waals surface area (Å²) in [7, 11) is 1.70. The molecule has 4 aromatic rings. The Hall–Kier alpha value is -4.11. The van der Waals surface area contributed by atoms with Gasteiger partial charge in [-0.25, -0.2) is 14.4 Å². The molecular weight excluding hydrogens is 403 g/mol. The van der Waals surface area contributed by atoms with Gasteiger partial charge in [-0.15, -0.1) is 0 Å². The molecule has 2 aromatic heterocycles. The number of imidazole rings is 1. The number of rotatable bonds is 5. The van der Waals surface area contributed by atoms with Crippen LogP contribution in [0.25, 0.3) is 22.5 Å². The molecule has 1 aliphatic rings. The summed E-state index contributed by atoms with van der Waals surface area (Å²) in [4.78, 5) is 30.3. The zero-order chi connectivity index (χ0) is 21.4. The molecule has 1 N–H and O–H groups in total. The van der Waals surface area contributed by atoms with Crippen molar-refractivity contribution in [2.45, 2.75) is 6.61 Å². The summed E-state index contributed by atoms with van der Waals surface area (Å²) in [6.07, 6.45) is 3.31. The molecular formula is C22H17FN4O4. The minimum Gasteiger partial charge on any atom is -0.489 e. The Bertz CT molecular complexity index is 1340. The van der Waals surface area contributed by atoms with E-state index in [9.17, 15) is 9.18 Å². The quantitative estimate of drug-likeness (QED) is 0.498. The Morgan fingerprint density at radius 3 is 2.71 bits per heavy atom. The highest BCUT2D eigenvalue weighted by atomic mass is 19.1. The van der Waals surface area contributed by atoms with Crippen molar-refractivity contribution in [1.82, 2.24) is 19.6 Å². The number of nitrogens with zero attached hydrogens (tertiary/aromatic N) is 3. The van der Waals surface area contributed by atoms with Crippen molar-refractivity contribution in [2.75, 3.05) is 7.05 Å². The van der Waals surface area contributed by atoms with Crippen molar-refractivity contribution in [1.29, 1.82) is 0 Å². The molecule has 0 amide bonds. The van der Waals surface area contributed by atoms with Crippen LogP contribution >= 0.6 is 0 Å². The van der Waals surface area contributed by atoms with Gasteiger partial charge in [0.05, 0.1) is 22.9 Å². The maximum Gasteiger partial charge on any atom is 0.258 e. The number of hydrogen-bond donors (Lipinski definition) is 1. The Kier molecular flexibility index (Phi) is 4.64. The molecule has 0 fully saturated rings. The highest BCUT2D eigenvalue weighted by Gasteiger charge is 2.18. The van der Waals surface area contributed by atoms with Gasteiger partial charge in [0.1, 0.15) is 18.2 Å². The third-order valence-corrected chi connectivity index (χ3v) is 4.73. The lowest BCUT2D eigenvalue weighted by atomic mass is 10.2. The van der Waals surface area contributed by atoms with Crippen LogP contribution in [0.2, 0.25) is 0 Å². The zero-order valence-electron chi connectivity index (χ0n) is 16.4. The van der Waals surface area contributed by atoms with Crippen LogP contribution in [-0.2, 0) is 16.5 Å². The summed E-state index contributed by atoms with van der Waals surface area (Å²) in [5.74, 6) is 1.11. The fourth-order valence-corrected chi connectivity index (χ4v) is 3.18. The standard InChI is InChI=1S/C22H17FN4O4/c1-26-12-20(30-31-26)22-24-18-7-6-16(10-19(18)25-22)27-9-8-17(11-21(27)28)29-13-14-2-4-15(23)5-3-14/h2-12H,13H2,1H3,(H,24,25). The van der Waals surface area contributed by atoms with E-state index in [1.165, 1.54) is 27.8 Å². The largest absolute Gasteiger partial charge is 0.489 e. The van der Waals surface area contributed by atoms with E-state index in [2.05, 4.69) is 9.97 Å². The van der Waals surface area contributed by atoms with Gasteiger partial charge in [-0.05, 0) is 42.0 Å². The van der Waals surface area contributed by atoms with Gasteiger partial charge in [0, 0.05) is 19.3 Å². The third kappa shape index (κ3) is 3.86. The SMILES string of the molecule is CN1C=C(c2nc3ccc(-n4ccc(OCc5ccc(F)cc5)cc4=O)cc3[nH]2)OO1. The van der Waals surface area contributed by atoms with E-state index in [4.69, 9.17) is 14.6 Å². The summed E-state index contributed by atoms with van der Waals surface area (Å²) in [6.45, 7) is 0.240. The highest BCUT2D eigenvalue weighted by molar-refractivity contribution is 5.80. The fraction of sp³-hybridized carbons (Fsp3) is 0.0909. The van der Waals surface area contributed by atoms with Crippen molar-refractivity contribution in [3.63, 3.8) is 0 Å². The second-order valence-electron chi connectivity index (χ2n) is 6.97. The van der Waals surface area contributed by atoms with E-state index in [0.29, 0.717) is 23.0 Å². The van der Waals surface area contributed by atoms with Gasteiger partial charge in [-0.2, -0.15) is 0 Å². The van der Waals surface area contributed by atoms with Crippen LogP contribution < -0.4 is 10.3 Å². The molecule has 0 spiro atoms. The second-order valence-corrected chi connectivity index (χ2v) is 6.97. The van der Waals surface area contributed by atoms with Gasteiger partial charge in [0.15, 0.2) is 5.82 Å². The Morgan fingerprint density at radius 2 is 1.97 bits per heavy atom. The van der Waals surface area contributed by atoms with Crippen LogP contribution in [0.3, 0.4) is 0 Å². The summed E-state index contributed by atoms with van der Waals surface area (Å²) >= 11 is 0. The number of benzene rings is 2. The molecule has 5 rings (SSSR count). The Morgan fingerprint density at radius 1 is 1.13 bits per heavy atom. The highest BCUT2D eigenvalue weighted by Crippen LogP contribution is 2.24. The lowest BCUT2D eigenvalue weighted by molar-refractivity contribution is -0.340. The molecule has 0 atom stereocenters. The average Bonchev–Trinajstić information content (AvgIpc) is 3.39. The molecule has 0 unspecified atom stereocenters. The molecule has 1 aliphatic heterocycles. The van der Waals surface area contributed by atoms with Crippen LogP contribution in [0.5, 0.6) is 5.75 Å². The summed E-state index contributed by atoms with van der Waals surface area (Å²) in [5, 5.41) is 1.42.